The SMILES string of the molecule is N#CC(CCl)c1cnc2ccccc2n1. The van der Waals surface area contributed by atoms with Gasteiger partial charge in [0, 0.05) is 5.88 Å². The van der Waals surface area contributed by atoms with E-state index in [9.17, 15) is 0 Å². The highest BCUT2D eigenvalue weighted by Crippen LogP contribution is 2.16. The molecule has 0 radical (unpaired) electrons. The van der Waals surface area contributed by atoms with Gasteiger partial charge in [-0.2, -0.15) is 5.26 Å². The van der Waals surface area contributed by atoms with Crippen LogP contribution >= 0.6 is 11.6 Å². The third-order valence-corrected chi connectivity index (χ3v) is 2.44. The van der Waals surface area contributed by atoms with Crippen LogP contribution in [-0.2, 0) is 0 Å². The van der Waals surface area contributed by atoms with Crippen LogP contribution in [0.4, 0.5) is 0 Å². The van der Waals surface area contributed by atoms with Crippen LogP contribution in [0.3, 0.4) is 0 Å². The van der Waals surface area contributed by atoms with Crippen molar-refractivity contribution in [1.29, 1.82) is 5.26 Å². The minimum atomic E-state index is -0.385. The second-order valence-corrected chi connectivity index (χ2v) is 3.43. The number of aromatic nitrogens is 2. The molecule has 2 rings (SSSR count). The summed E-state index contributed by atoms with van der Waals surface area (Å²) in [4.78, 5) is 8.57. The minimum absolute atomic E-state index is 0.240. The maximum absolute atomic E-state index is 8.85. The standard InChI is InChI=1S/C11H8ClN3/c12-5-8(6-13)11-7-14-9-3-1-2-4-10(9)15-11/h1-4,7-8H,5H2. The molecular formula is C11H8ClN3. The van der Waals surface area contributed by atoms with Gasteiger partial charge in [-0.1, -0.05) is 12.1 Å². The van der Waals surface area contributed by atoms with E-state index in [1.807, 2.05) is 24.3 Å². The van der Waals surface area contributed by atoms with Gasteiger partial charge in [-0.15, -0.1) is 11.6 Å². The Balaban J connectivity index is 2.52. The first kappa shape index (κ1) is 9.88. The van der Waals surface area contributed by atoms with E-state index in [4.69, 9.17) is 16.9 Å². The molecule has 0 spiro atoms. The molecule has 0 aliphatic rings. The summed E-state index contributed by atoms with van der Waals surface area (Å²) < 4.78 is 0. The second kappa shape index (κ2) is 4.24. The minimum Gasteiger partial charge on any atom is -0.253 e. The number of para-hydroxylation sites is 2. The number of fused-ring (bicyclic) bond motifs is 1. The van der Waals surface area contributed by atoms with Gasteiger partial charge in [-0.3, -0.25) is 4.98 Å². The summed E-state index contributed by atoms with van der Waals surface area (Å²) in [6.45, 7) is 0. The molecule has 0 saturated heterocycles. The van der Waals surface area contributed by atoms with Crippen molar-refractivity contribution < 1.29 is 0 Å². The van der Waals surface area contributed by atoms with Crippen molar-refractivity contribution in [1.82, 2.24) is 9.97 Å². The predicted molar refractivity (Wildman–Crippen MR) is 58.6 cm³/mol. The van der Waals surface area contributed by atoms with Gasteiger partial charge in [-0.25, -0.2) is 4.98 Å². The van der Waals surface area contributed by atoms with Gasteiger partial charge in [0.25, 0.3) is 0 Å². The molecule has 1 unspecified atom stereocenters. The predicted octanol–water partition coefficient (Wildman–Crippen LogP) is 2.48. The molecule has 3 nitrogen and oxygen atoms in total. The van der Waals surface area contributed by atoms with Gasteiger partial charge in [-0.05, 0) is 12.1 Å². The van der Waals surface area contributed by atoms with E-state index in [1.54, 1.807) is 6.20 Å². The van der Waals surface area contributed by atoms with Gasteiger partial charge in [0.2, 0.25) is 0 Å². The van der Waals surface area contributed by atoms with Crippen LogP contribution in [0.2, 0.25) is 0 Å². The zero-order valence-electron chi connectivity index (χ0n) is 7.89. The Morgan fingerprint density at radius 1 is 1.33 bits per heavy atom. The fraction of sp³-hybridized carbons (Fsp3) is 0.182. The average molecular weight is 218 g/mol. The maximum Gasteiger partial charge on any atom is 0.103 e. The highest BCUT2D eigenvalue weighted by Gasteiger charge is 2.11. The van der Waals surface area contributed by atoms with Crippen molar-refractivity contribution >= 4 is 22.6 Å². The molecular weight excluding hydrogens is 210 g/mol. The lowest BCUT2D eigenvalue weighted by Gasteiger charge is -2.04. The van der Waals surface area contributed by atoms with Crippen LogP contribution < -0.4 is 0 Å². The smallest absolute Gasteiger partial charge is 0.103 e. The Morgan fingerprint density at radius 3 is 2.73 bits per heavy atom. The molecule has 4 heteroatoms. The van der Waals surface area contributed by atoms with Gasteiger partial charge in [0.05, 0.1) is 29.0 Å². The highest BCUT2D eigenvalue weighted by atomic mass is 35.5. The Morgan fingerprint density at radius 2 is 2.07 bits per heavy atom. The maximum atomic E-state index is 8.85. The molecule has 1 heterocycles. The number of benzene rings is 1. The average Bonchev–Trinajstić information content (AvgIpc) is 2.30. The number of hydrogen-bond donors (Lipinski definition) is 0. The van der Waals surface area contributed by atoms with Crippen molar-refractivity contribution in [3.05, 3.63) is 36.2 Å². The Hall–Kier alpha value is -1.66. The molecule has 15 heavy (non-hydrogen) atoms. The van der Waals surface area contributed by atoms with Gasteiger partial charge < -0.3 is 0 Å². The second-order valence-electron chi connectivity index (χ2n) is 3.12. The summed E-state index contributed by atoms with van der Waals surface area (Å²) in [5.41, 5.74) is 2.25. The molecule has 0 aliphatic heterocycles. The van der Waals surface area contributed by atoms with E-state index in [2.05, 4.69) is 16.0 Å². The molecule has 1 atom stereocenters. The largest absolute Gasteiger partial charge is 0.253 e. The van der Waals surface area contributed by atoms with Crippen LogP contribution in [0, 0.1) is 11.3 Å². The number of nitrogens with zero attached hydrogens (tertiary/aromatic N) is 3. The quantitative estimate of drug-likeness (QED) is 0.727. The van der Waals surface area contributed by atoms with E-state index >= 15 is 0 Å². The topological polar surface area (TPSA) is 49.6 Å². The summed E-state index contributed by atoms with van der Waals surface area (Å²) >= 11 is 5.66. The first-order valence-electron chi connectivity index (χ1n) is 4.52. The van der Waals surface area contributed by atoms with Crippen LogP contribution in [0.15, 0.2) is 30.5 Å². The third-order valence-electron chi connectivity index (χ3n) is 2.13. The molecule has 0 saturated carbocycles. The lowest BCUT2D eigenvalue weighted by Crippen LogP contribution is -2.01. The molecule has 0 amide bonds. The van der Waals surface area contributed by atoms with E-state index in [1.165, 1.54) is 0 Å². The molecule has 0 bridgehead atoms. The van der Waals surface area contributed by atoms with Crippen molar-refractivity contribution in [2.75, 3.05) is 5.88 Å². The van der Waals surface area contributed by atoms with Crippen LogP contribution in [0.25, 0.3) is 11.0 Å². The van der Waals surface area contributed by atoms with Crippen molar-refractivity contribution in [3.63, 3.8) is 0 Å². The summed E-state index contributed by atoms with van der Waals surface area (Å²) in [6, 6.07) is 9.65. The molecule has 0 aliphatic carbocycles. The van der Waals surface area contributed by atoms with Crippen LogP contribution in [0.1, 0.15) is 11.6 Å². The molecule has 74 valence electrons. The highest BCUT2D eigenvalue weighted by molar-refractivity contribution is 6.18. The number of alkyl halides is 1. The lowest BCUT2D eigenvalue weighted by atomic mass is 10.1. The summed E-state index contributed by atoms with van der Waals surface area (Å²) in [5.74, 6) is -0.146. The number of hydrogen-bond acceptors (Lipinski definition) is 3. The van der Waals surface area contributed by atoms with E-state index < -0.39 is 0 Å². The Labute approximate surface area is 92.3 Å². The van der Waals surface area contributed by atoms with Crippen molar-refractivity contribution in [3.8, 4) is 6.07 Å². The number of halogens is 1. The summed E-state index contributed by atoms with van der Waals surface area (Å²) in [5, 5.41) is 8.85. The number of rotatable bonds is 2. The third kappa shape index (κ3) is 1.90. The Kier molecular flexibility index (Phi) is 2.79. The molecule has 2 aromatic rings. The van der Waals surface area contributed by atoms with E-state index in [0.29, 0.717) is 5.69 Å². The molecule has 1 aromatic carbocycles. The van der Waals surface area contributed by atoms with Crippen molar-refractivity contribution in [2.24, 2.45) is 0 Å². The van der Waals surface area contributed by atoms with Gasteiger partial charge in [0.1, 0.15) is 5.92 Å². The molecule has 0 fully saturated rings. The van der Waals surface area contributed by atoms with Crippen LogP contribution in [0.5, 0.6) is 0 Å². The van der Waals surface area contributed by atoms with Crippen LogP contribution in [-0.4, -0.2) is 15.8 Å². The van der Waals surface area contributed by atoms with E-state index in [0.717, 1.165) is 11.0 Å². The summed E-state index contributed by atoms with van der Waals surface area (Å²) in [6.07, 6.45) is 1.61. The number of nitriles is 1. The Bertz CT molecular complexity index is 518. The normalized spacial score (nSPS) is 12.3. The fourth-order valence-electron chi connectivity index (χ4n) is 1.32. The lowest BCUT2D eigenvalue weighted by molar-refractivity contribution is 0.925. The van der Waals surface area contributed by atoms with Crippen molar-refractivity contribution in [2.45, 2.75) is 5.92 Å². The molecule has 1 aromatic heterocycles. The van der Waals surface area contributed by atoms with Gasteiger partial charge >= 0.3 is 0 Å². The first-order chi connectivity index (χ1) is 7.35. The monoisotopic (exact) mass is 217 g/mol. The van der Waals surface area contributed by atoms with E-state index in [-0.39, 0.29) is 11.8 Å². The zero-order valence-corrected chi connectivity index (χ0v) is 8.65. The fourth-order valence-corrected chi connectivity index (χ4v) is 1.55. The first-order valence-corrected chi connectivity index (χ1v) is 5.06. The summed E-state index contributed by atoms with van der Waals surface area (Å²) in [7, 11) is 0. The van der Waals surface area contributed by atoms with Gasteiger partial charge in [0.15, 0.2) is 0 Å². The zero-order chi connectivity index (χ0) is 10.7. The molecule has 0 N–H and O–H groups in total.